The fourth-order valence-corrected chi connectivity index (χ4v) is 3.90. The molecule has 1 aliphatic rings. The second-order valence-electron chi connectivity index (χ2n) is 6.45. The van der Waals surface area contributed by atoms with Gasteiger partial charge in [-0.2, -0.15) is 5.26 Å². The van der Waals surface area contributed by atoms with E-state index in [0.29, 0.717) is 11.5 Å². The molecule has 3 atom stereocenters. The lowest BCUT2D eigenvalue weighted by Crippen LogP contribution is -2.56. The molecule has 0 aromatic heterocycles. The van der Waals surface area contributed by atoms with E-state index in [1.165, 1.54) is 14.2 Å². The number of ether oxygens (including phenoxy) is 3. The van der Waals surface area contributed by atoms with E-state index in [1.54, 1.807) is 30.3 Å². The molecule has 0 spiro atoms. The zero-order valence-corrected chi connectivity index (χ0v) is 16.6. The van der Waals surface area contributed by atoms with Crippen LogP contribution in [0.4, 0.5) is 0 Å². The highest BCUT2D eigenvalue weighted by molar-refractivity contribution is 6.30. The van der Waals surface area contributed by atoms with E-state index in [0.717, 1.165) is 0 Å². The van der Waals surface area contributed by atoms with Crippen LogP contribution in [0.2, 0.25) is 0 Å². The van der Waals surface area contributed by atoms with Crippen LogP contribution >= 0.6 is 23.2 Å². The Balaban J connectivity index is 2.49. The maximum atomic E-state index is 11.9. The number of halogens is 2. The Bertz CT molecular complexity index is 758. The fraction of sp³-hybridized carbons (Fsp3) is 0.474. The topological polar surface area (TPSA) is 68.6 Å². The molecule has 1 aromatic carbocycles. The van der Waals surface area contributed by atoms with Gasteiger partial charge in [-0.25, -0.2) is 4.79 Å². The second-order valence-corrected chi connectivity index (χ2v) is 7.78. The number of hydrogen-bond donors (Lipinski definition) is 0. The molecule has 1 aliphatic carbocycles. The van der Waals surface area contributed by atoms with E-state index >= 15 is 0 Å². The molecule has 1 aromatic rings. The van der Waals surface area contributed by atoms with Gasteiger partial charge in [-0.05, 0) is 24.1 Å². The number of carbonyl (C=O) groups is 1. The number of benzene rings is 1. The summed E-state index contributed by atoms with van der Waals surface area (Å²) in [5.41, 5.74) is 0.270. The molecule has 7 heteroatoms. The molecule has 3 unspecified atom stereocenters. The summed E-state index contributed by atoms with van der Waals surface area (Å²) >= 11 is 13.4. The molecular formula is C19H21Cl2NO4. The molecule has 2 rings (SSSR count). The summed E-state index contributed by atoms with van der Waals surface area (Å²) in [7, 11) is 2.77. The molecule has 0 saturated carbocycles. The number of nitriles is 1. The summed E-state index contributed by atoms with van der Waals surface area (Å²) in [6, 6.07) is 8.77. The normalized spacial score (nSPS) is 28.2. The van der Waals surface area contributed by atoms with Crippen LogP contribution < -0.4 is 4.74 Å². The van der Waals surface area contributed by atoms with Gasteiger partial charge in [-0.1, -0.05) is 37.6 Å². The Hall–Kier alpha value is -1.74. The van der Waals surface area contributed by atoms with Gasteiger partial charge in [0.15, 0.2) is 4.87 Å². The molecule has 26 heavy (non-hydrogen) atoms. The minimum atomic E-state index is -1.40. The lowest BCUT2D eigenvalue weighted by atomic mass is 9.76. The maximum Gasteiger partial charge on any atom is 0.341 e. The van der Waals surface area contributed by atoms with Gasteiger partial charge < -0.3 is 14.2 Å². The number of methoxy groups -OCH3 is 2. The fourth-order valence-electron chi connectivity index (χ4n) is 3.05. The minimum absolute atomic E-state index is 0.0836. The van der Waals surface area contributed by atoms with Crippen LogP contribution in [-0.4, -0.2) is 36.0 Å². The molecular weight excluding hydrogens is 377 g/mol. The van der Waals surface area contributed by atoms with Gasteiger partial charge >= 0.3 is 5.97 Å². The van der Waals surface area contributed by atoms with Crippen LogP contribution in [0.3, 0.4) is 0 Å². The molecule has 5 nitrogen and oxygen atoms in total. The molecule has 0 heterocycles. The minimum Gasteiger partial charge on any atom is -0.465 e. The first-order chi connectivity index (χ1) is 12.2. The summed E-state index contributed by atoms with van der Waals surface area (Å²) in [5.74, 6) is 0.0941. The summed E-state index contributed by atoms with van der Waals surface area (Å²) in [5, 5.41) is 9.65. The largest absolute Gasteiger partial charge is 0.465 e. The lowest BCUT2D eigenvalue weighted by Gasteiger charge is -2.45. The van der Waals surface area contributed by atoms with Crippen molar-refractivity contribution in [3.8, 4) is 11.8 Å². The van der Waals surface area contributed by atoms with Crippen LogP contribution in [0, 0.1) is 17.2 Å². The van der Waals surface area contributed by atoms with Gasteiger partial charge in [0, 0.05) is 13.5 Å². The van der Waals surface area contributed by atoms with Crippen molar-refractivity contribution in [1.82, 2.24) is 0 Å². The Morgan fingerprint density at radius 1 is 1.31 bits per heavy atom. The lowest BCUT2D eigenvalue weighted by molar-refractivity contribution is 0.0343. The number of para-hydroxylation sites is 1. The zero-order valence-electron chi connectivity index (χ0n) is 15.1. The van der Waals surface area contributed by atoms with Crippen LogP contribution in [0.1, 0.15) is 30.6 Å². The van der Waals surface area contributed by atoms with E-state index in [4.69, 9.17) is 37.4 Å². The second kappa shape index (κ2) is 7.87. The van der Waals surface area contributed by atoms with E-state index in [1.807, 2.05) is 13.8 Å². The van der Waals surface area contributed by atoms with Crippen molar-refractivity contribution in [3.63, 3.8) is 0 Å². The molecule has 0 bridgehead atoms. The molecule has 0 fully saturated rings. The quantitative estimate of drug-likeness (QED) is 0.547. The average Bonchev–Trinajstić information content (AvgIpc) is 2.61. The first-order valence-electron chi connectivity index (χ1n) is 8.10. The van der Waals surface area contributed by atoms with E-state index in [2.05, 4.69) is 6.07 Å². The van der Waals surface area contributed by atoms with Crippen LogP contribution in [-0.2, 0) is 9.47 Å². The summed E-state index contributed by atoms with van der Waals surface area (Å²) in [6.07, 6.45) is 1.08. The highest BCUT2D eigenvalue weighted by Crippen LogP contribution is 2.48. The van der Waals surface area contributed by atoms with E-state index < -0.39 is 21.8 Å². The van der Waals surface area contributed by atoms with Gasteiger partial charge in [0.2, 0.25) is 0 Å². The van der Waals surface area contributed by atoms with Crippen molar-refractivity contribution in [1.29, 1.82) is 5.26 Å². The highest BCUT2D eigenvalue weighted by Gasteiger charge is 2.55. The molecule has 0 saturated heterocycles. The molecule has 0 aliphatic heterocycles. The van der Waals surface area contributed by atoms with Crippen molar-refractivity contribution in [3.05, 3.63) is 41.7 Å². The number of allylic oxidation sites excluding steroid dienone is 1. The van der Waals surface area contributed by atoms with Crippen molar-refractivity contribution >= 4 is 29.2 Å². The third-order valence-corrected chi connectivity index (χ3v) is 5.63. The Morgan fingerprint density at radius 3 is 2.50 bits per heavy atom. The summed E-state index contributed by atoms with van der Waals surface area (Å²) in [6.45, 7) is 3.82. The number of rotatable bonds is 5. The number of alkyl halides is 2. The molecule has 0 N–H and O–H groups in total. The van der Waals surface area contributed by atoms with Crippen molar-refractivity contribution < 1.29 is 19.0 Å². The number of nitrogens with zero attached hydrogens (tertiary/aromatic N) is 1. The van der Waals surface area contributed by atoms with E-state index in [9.17, 15) is 10.1 Å². The first-order valence-corrected chi connectivity index (χ1v) is 8.86. The maximum absolute atomic E-state index is 11.9. The third kappa shape index (κ3) is 3.68. The Kier molecular flexibility index (Phi) is 6.23. The Morgan fingerprint density at radius 2 is 1.96 bits per heavy atom. The predicted molar refractivity (Wildman–Crippen MR) is 99.5 cm³/mol. The molecule has 140 valence electrons. The van der Waals surface area contributed by atoms with Crippen molar-refractivity contribution in [2.45, 2.75) is 36.1 Å². The van der Waals surface area contributed by atoms with Crippen LogP contribution in [0.15, 0.2) is 36.1 Å². The van der Waals surface area contributed by atoms with Gasteiger partial charge in [-0.15, -0.1) is 11.6 Å². The number of carbonyl (C=O) groups excluding carboxylic acids is 1. The van der Waals surface area contributed by atoms with Crippen LogP contribution in [0.25, 0.3) is 0 Å². The van der Waals surface area contributed by atoms with Gasteiger partial charge in [0.25, 0.3) is 0 Å². The predicted octanol–water partition coefficient (Wildman–Crippen LogP) is 4.29. The zero-order chi connectivity index (χ0) is 19.5. The van der Waals surface area contributed by atoms with Crippen molar-refractivity contribution in [2.75, 3.05) is 14.2 Å². The van der Waals surface area contributed by atoms with E-state index in [-0.39, 0.29) is 17.9 Å². The smallest absolute Gasteiger partial charge is 0.341 e. The summed E-state index contributed by atoms with van der Waals surface area (Å²) < 4.78 is 16.2. The first kappa shape index (κ1) is 20.6. The monoisotopic (exact) mass is 397 g/mol. The standard InChI is InChI=1S/C19H21Cl2NO4/c1-12(2)19(21)10-13(9-18(20,11-22)17(19)25-4)26-15-8-6-5-7-14(15)16(23)24-3/h5-8,10,12,17H,9H2,1-4H3. The SMILES string of the molecule is COC(=O)c1ccccc1OC1=CC(Cl)(C(C)C)C(OC)C(Cl)(C#N)C1. The highest BCUT2D eigenvalue weighted by atomic mass is 35.5. The third-order valence-electron chi connectivity index (χ3n) is 4.47. The van der Waals surface area contributed by atoms with Crippen LogP contribution in [0.5, 0.6) is 5.75 Å². The number of esters is 1. The molecule has 0 radical (unpaired) electrons. The van der Waals surface area contributed by atoms with Crippen molar-refractivity contribution in [2.24, 2.45) is 5.92 Å². The Labute approximate surface area is 163 Å². The summed E-state index contributed by atoms with van der Waals surface area (Å²) in [4.78, 5) is 9.51. The average molecular weight is 398 g/mol. The van der Waals surface area contributed by atoms with Gasteiger partial charge in [0.05, 0.1) is 18.1 Å². The van der Waals surface area contributed by atoms with Gasteiger partial charge in [0.1, 0.15) is 23.2 Å². The molecule has 0 amide bonds. The van der Waals surface area contributed by atoms with Gasteiger partial charge in [-0.3, -0.25) is 0 Å². The number of hydrogen-bond acceptors (Lipinski definition) is 5.